The van der Waals surface area contributed by atoms with E-state index in [1.165, 1.54) is 4.90 Å². The predicted octanol–water partition coefficient (Wildman–Crippen LogP) is 5.23. The molecule has 9 heteroatoms. The van der Waals surface area contributed by atoms with E-state index in [0.717, 1.165) is 16.1 Å². The van der Waals surface area contributed by atoms with Crippen LogP contribution in [0.4, 0.5) is 4.79 Å². The van der Waals surface area contributed by atoms with E-state index < -0.39 is 14.2 Å². The fraction of sp³-hybridized carbons (Fsp3) is 0.409. The lowest BCUT2D eigenvalue weighted by molar-refractivity contribution is 0.0846. The van der Waals surface area contributed by atoms with Gasteiger partial charge in [-0.25, -0.2) is 14.8 Å². The van der Waals surface area contributed by atoms with Crippen LogP contribution in [0, 0.1) is 0 Å². The van der Waals surface area contributed by atoms with Crippen LogP contribution < -0.4 is 0 Å². The fourth-order valence-electron chi connectivity index (χ4n) is 3.15. The highest BCUT2D eigenvalue weighted by atomic mass is 79.9. The van der Waals surface area contributed by atoms with Crippen molar-refractivity contribution >= 4 is 41.3 Å². The highest BCUT2D eigenvalue weighted by Crippen LogP contribution is 2.20. The predicted molar refractivity (Wildman–Crippen MR) is 128 cm³/mol. The first kappa shape index (κ1) is 23.4. The van der Waals surface area contributed by atoms with E-state index in [4.69, 9.17) is 4.74 Å². The molecule has 7 nitrogen and oxygen atoms in total. The zero-order valence-corrected chi connectivity index (χ0v) is 20.8. The van der Waals surface area contributed by atoms with Crippen molar-refractivity contribution in [1.82, 2.24) is 19.4 Å². The van der Waals surface area contributed by atoms with E-state index in [2.05, 4.69) is 45.5 Å². The number of aromatic nitrogens is 3. The minimum atomic E-state index is -1.20. The molecule has 3 aromatic rings. The van der Waals surface area contributed by atoms with Crippen LogP contribution in [0.1, 0.15) is 11.4 Å². The molecule has 0 radical (unpaired) electrons. The fourth-order valence-corrected chi connectivity index (χ4v) is 4.22. The molecule has 0 aliphatic carbocycles. The molecule has 166 valence electrons. The van der Waals surface area contributed by atoms with E-state index in [-0.39, 0.29) is 6.54 Å². The number of ether oxygens (including phenoxy) is 1. The lowest BCUT2D eigenvalue weighted by Gasteiger charge is -2.20. The smallest absolute Gasteiger partial charge is 0.407 e. The molecule has 0 saturated heterocycles. The summed E-state index contributed by atoms with van der Waals surface area (Å²) in [5.41, 5.74) is 2.51. The Bertz CT molecular complexity index is 1020. The molecule has 0 atom stereocenters. The van der Waals surface area contributed by atoms with Gasteiger partial charge >= 0.3 is 6.09 Å². The number of benzene rings is 1. The van der Waals surface area contributed by atoms with Crippen molar-refractivity contribution in [3.8, 4) is 0 Å². The molecule has 31 heavy (non-hydrogen) atoms. The zero-order valence-electron chi connectivity index (χ0n) is 18.2. The molecule has 1 aromatic carbocycles. The van der Waals surface area contributed by atoms with Crippen LogP contribution in [0.2, 0.25) is 25.7 Å². The Labute approximate surface area is 192 Å². The van der Waals surface area contributed by atoms with Crippen molar-refractivity contribution in [2.75, 3.05) is 13.2 Å². The number of carboxylic acid groups (broad SMARTS) is 1. The maximum Gasteiger partial charge on any atom is 0.407 e. The quantitative estimate of drug-likeness (QED) is 0.302. The third-order valence-electron chi connectivity index (χ3n) is 4.96. The topological polar surface area (TPSA) is 80.5 Å². The standard InChI is InChI=1S/C22H29BrN4O3Si/c1-31(2,3)12-11-30-16-27-20(25-19-13-18(23)14-24-21(19)27)15-26(22(28)29)10-9-17-7-5-4-6-8-17/h4-8,13-14H,9-12,15-16H2,1-3H3,(H,28,29). The van der Waals surface area contributed by atoms with Gasteiger partial charge in [-0.15, -0.1) is 0 Å². The number of rotatable bonds is 10. The molecular formula is C22H29BrN4O3Si. The third kappa shape index (κ3) is 6.88. The van der Waals surface area contributed by atoms with Gasteiger partial charge in [0.15, 0.2) is 5.65 Å². The van der Waals surface area contributed by atoms with Crippen molar-refractivity contribution < 1.29 is 14.6 Å². The summed E-state index contributed by atoms with van der Waals surface area (Å²) >= 11 is 3.43. The first-order valence-electron chi connectivity index (χ1n) is 10.3. The number of fused-ring (bicyclic) bond motifs is 1. The summed E-state index contributed by atoms with van der Waals surface area (Å²) in [5, 5.41) is 9.77. The molecule has 2 aromatic heterocycles. The number of hydrogen-bond acceptors (Lipinski definition) is 4. The van der Waals surface area contributed by atoms with Gasteiger partial charge in [0.25, 0.3) is 0 Å². The van der Waals surface area contributed by atoms with Gasteiger partial charge in [-0.1, -0.05) is 50.0 Å². The SMILES string of the molecule is C[Si](C)(C)CCOCn1c(CN(CCc2ccccc2)C(=O)O)nc2cc(Br)cnc21. The van der Waals surface area contributed by atoms with Crippen molar-refractivity contribution in [2.45, 2.75) is 45.4 Å². The number of halogens is 1. The Morgan fingerprint density at radius 3 is 2.68 bits per heavy atom. The van der Waals surface area contributed by atoms with Gasteiger partial charge in [0.1, 0.15) is 18.1 Å². The monoisotopic (exact) mass is 504 g/mol. The Morgan fingerprint density at radius 2 is 2.00 bits per heavy atom. The van der Waals surface area contributed by atoms with Crippen molar-refractivity contribution in [3.05, 3.63) is 58.5 Å². The van der Waals surface area contributed by atoms with Gasteiger partial charge in [-0.2, -0.15) is 0 Å². The van der Waals surface area contributed by atoms with Gasteiger partial charge in [-0.3, -0.25) is 4.57 Å². The van der Waals surface area contributed by atoms with Gasteiger partial charge < -0.3 is 14.7 Å². The maximum atomic E-state index is 11.9. The first-order valence-corrected chi connectivity index (χ1v) is 14.8. The molecule has 0 spiro atoms. The number of amides is 1. The van der Waals surface area contributed by atoms with E-state index >= 15 is 0 Å². The van der Waals surface area contributed by atoms with Crippen LogP contribution >= 0.6 is 15.9 Å². The van der Waals surface area contributed by atoms with Gasteiger partial charge in [0.2, 0.25) is 0 Å². The van der Waals surface area contributed by atoms with E-state index in [1.807, 2.05) is 41.0 Å². The molecule has 2 heterocycles. The third-order valence-corrected chi connectivity index (χ3v) is 7.10. The van der Waals surface area contributed by atoms with E-state index in [0.29, 0.717) is 43.3 Å². The largest absolute Gasteiger partial charge is 0.465 e. The molecule has 0 unspecified atom stereocenters. The summed E-state index contributed by atoms with van der Waals surface area (Å²) in [6, 6.07) is 12.8. The van der Waals surface area contributed by atoms with Crippen LogP contribution in [-0.4, -0.2) is 51.9 Å². The van der Waals surface area contributed by atoms with Crippen LogP contribution in [0.25, 0.3) is 11.2 Å². The number of nitrogens with zero attached hydrogens (tertiary/aromatic N) is 4. The minimum Gasteiger partial charge on any atom is -0.465 e. The number of hydrogen-bond donors (Lipinski definition) is 1. The Morgan fingerprint density at radius 1 is 1.26 bits per heavy atom. The number of carbonyl (C=O) groups is 1. The molecule has 3 rings (SSSR count). The molecule has 0 aliphatic rings. The number of pyridine rings is 1. The molecule has 0 saturated carbocycles. The van der Waals surface area contributed by atoms with Crippen LogP contribution in [0.5, 0.6) is 0 Å². The molecule has 0 aliphatic heterocycles. The summed E-state index contributed by atoms with van der Waals surface area (Å²) in [7, 11) is -1.20. The van der Waals surface area contributed by atoms with Crippen molar-refractivity contribution in [1.29, 1.82) is 0 Å². The molecular weight excluding hydrogens is 476 g/mol. The average Bonchev–Trinajstić information content (AvgIpc) is 3.04. The summed E-state index contributed by atoms with van der Waals surface area (Å²) in [6.07, 6.45) is 1.39. The number of imidazole rings is 1. The highest BCUT2D eigenvalue weighted by molar-refractivity contribution is 9.10. The van der Waals surface area contributed by atoms with Crippen molar-refractivity contribution in [3.63, 3.8) is 0 Å². The van der Waals surface area contributed by atoms with Crippen molar-refractivity contribution in [2.24, 2.45) is 0 Å². The Balaban J connectivity index is 1.78. The molecule has 1 N–H and O–H groups in total. The van der Waals surface area contributed by atoms with E-state index in [9.17, 15) is 9.90 Å². The minimum absolute atomic E-state index is 0.174. The highest BCUT2D eigenvalue weighted by Gasteiger charge is 2.19. The van der Waals surface area contributed by atoms with Crippen LogP contribution in [0.3, 0.4) is 0 Å². The Hall–Kier alpha value is -2.23. The molecule has 0 fully saturated rings. The summed E-state index contributed by atoms with van der Waals surface area (Å²) in [4.78, 5) is 22.5. The lowest BCUT2D eigenvalue weighted by atomic mass is 10.1. The second-order valence-corrected chi connectivity index (χ2v) is 15.3. The van der Waals surface area contributed by atoms with Crippen LogP contribution in [-0.2, 0) is 24.4 Å². The first-order chi connectivity index (χ1) is 14.7. The summed E-state index contributed by atoms with van der Waals surface area (Å²) < 4.78 is 8.65. The maximum absolute atomic E-state index is 11.9. The van der Waals surface area contributed by atoms with Gasteiger partial charge in [0, 0.05) is 31.9 Å². The second-order valence-electron chi connectivity index (χ2n) is 8.74. The normalized spacial score (nSPS) is 11.7. The Kier molecular flexibility index (Phi) is 7.85. The molecule has 1 amide bonds. The molecule has 0 bridgehead atoms. The lowest BCUT2D eigenvalue weighted by Crippen LogP contribution is -2.32. The van der Waals surface area contributed by atoms with Gasteiger partial charge in [0.05, 0.1) is 6.54 Å². The van der Waals surface area contributed by atoms with Gasteiger partial charge in [-0.05, 0) is 40.0 Å². The summed E-state index contributed by atoms with van der Waals surface area (Å²) in [6.45, 7) is 8.46. The average molecular weight is 505 g/mol. The van der Waals surface area contributed by atoms with Crippen LogP contribution in [0.15, 0.2) is 47.1 Å². The zero-order chi connectivity index (χ0) is 22.4. The second kappa shape index (κ2) is 10.4. The van der Waals surface area contributed by atoms with E-state index in [1.54, 1.807) is 6.20 Å². The summed E-state index contributed by atoms with van der Waals surface area (Å²) in [5.74, 6) is 0.629.